The number of nitrogens with zero attached hydrogens (tertiary/aromatic N) is 2. The number of carbonyl (C=O) groups excluding carboxylic acids is 2. The van der Waals surface area contributed by atoms with Crippen molar-refractivity contribution < 1.29 is 9.59 Å². The zero-order valence-corrected chi connectivity index (χ0v) is 32.7. The highest BCUT2D eigenvalue weighted by Crippen LogP contribution is 2.36. The molecule has 2 aliphatic carbocycles. The van der Waals surface area contributed by atoms with Crippen molar-refractivity contribution in [3.8, 4) is 22.5 Å². The molecule has 2 fully saturated rings. The average Bonchev–Trinajstić information content (AvgIpc) is 3.19. The zero-order chi connectivity index (χ0) is 36.3. The molecule has 8 rings (SSSR count). The van der Waals surface area contributed by atoms with Crippen LogP contribution in [0.4, 0.5) is 0 Å². The maximum atomic E-state index is 13.7. The van der Waals surface area contributed by atoms with E-state index in [0.29, 0.717) is 23.0 Å². The van der Waals surface area contributed by atoms with Gasteiger partial charge in [0.25, 0.3) is 11.8 Å². The molecule has 0 saturated heterocycles. The summed E-state index contributed by atoms with van der Waals surface area (Å²) in [4.78, 5) is 37.2. The second-order valence-electron chi connectivity index (χ2n) is 14.8. The van der Waals surface area contributed by atoms with Gasteiger partial charge >= 0.3 is 0 Å². The lowest BCUT2D eigenvalue weighted by Gasteiger charge is -2.34. The molecule has 268 valence electrons. The van der Waals surface area contributed by atoms with E-state index in [-0.39, 0.29) is 23.9 Å². The Balaban J connectivity index is 0.841. The lowest BCUT2D eigenvalue weighted by atomic mass is 9.75. The molecule has 2 saturated carbocycles. The Hall–Kier alpha value is -4.40. The summed E-state index contributed by atoms with van der Waals surface area (Å²) in [6.45, 7) is 0. The normalized spacial score (nSPS) is 20.3. The molecule has 2 aromatic heterocycles. The van der Waals surface area contributed by atoms with Gasteiger partial charge in [0, 0.05) is 42.9 Å². The van der Waals surface area contributed by atoms with Gasteiger partial charge in [-0.25, -0.2) is 9.97 Å². The third-order valence-corrected chi connectivity index (χ3v) is 12.3. The number of hydrogen-bond acceptors (Lipinski definition) is 4. The van der Waals surface area contributed by atoms with Crippen LogP contribution in [0.2, 0.25) is 0 Å². The van der Waals surface area contributed by atoms with Gasteiger partial charge in [-0.3, -0.25) is 9.59 Å². The van der Waals surface area contributed by atoms with Crippen molar-refractivity contribution in [1.29, 1.82) is 0 Å². The number of fused-ring (bicyclic) bond motifs is 2. The molecule has 0 atom stereocenters. The van der Waals surface area contributed by atoms with Crippen LogP contribution in [0.15, 0.2) is 118 Å². The van der Waals surface area contributed by atoms with Crippen LogP contribution in [0.5, 0.6) is 0 Å². The van der Waals surface area contributed by atoms with Crippen LogP contribution in [0.3, 0.4) is 0 Å². The molecule has 2 N–H and O–H groups in total. The summed E-state index contributed by atoms with van der Waals surface area (Å²) in [6.07, 6.45) is 9.81. The SMILES string of the molecule is O=C(NC1CCC(CC2CCC(NC(=O)c3cc(-c4ccc(Br)cc4)nc4ccccc34)CC2)CC1)c1cc(-c2ccc(Br)cc2)nc2ccccc12. The highest BCUT2D eigenvalue weighted by molar-refractivity contribution is 9.10. The predicted molar refractivity (Wildman–Crippen MR) is 221 cm³/mol. The zero-order valence-electron chi connectivity index (χ0n) is 29.5. The first kappa shape index (κ1) is 35.6. The number of pyridine rings is 2. The number of aromatic nitrogens is 2. The number of nitrogens with one attached hydrogen (secondary N) is 2. The molecule has 6 aromatic rings. The van der Waals surface area contributed by atoms with Crippen molar-refractivity contribution in [3.63, 3.8) is 0 Å². The molecule has 0 unspecified atom stereocenters. The van der Waals surface area contributed by atoms with Crippen LogP contribution in [-0.4, -0.2) is 33.9 Å². The van der Waals surface area contributed by atoms with Crippen molar-refractivity contribution in [3.05, 3.63) is 129 Å². The Morgan fingerprint density at radius 1 is 0.528 bits per heavy atom. The van der Waals surface area contributed by atoms with Crippen molar-refractivity contribution in [1.82, 2.24) is 20.6 Å². The molecular formula is C45H42Br2N4O2. The number of amides is 2. The molecular weight excluding hydrogens is 788 g/mol. The van der Waals surface area contributed by atoms with E-state index >= 15 is 0 Å². The molecule has 4 aromatic carbocycles. The fraction of sp³-hybridized carbons (Fsp3) is 0.289. The maximum absolute atomic E-state index is 13.7. The van der Waals surface area contributed by atoms with E-state index in [4.69, 9.17) is 9.97 Å². The van der Waals surface area contributed by atoms with Gasteiger partial charge in [0.05, 0.1) is 33.5 Å². The van der Waals surface area contributed by atoms with Crippen LogP contribution < -0.4 is 10.6 Å². The first-order valence-corrected chi connectivity index (χ1v) is 20.4. The quantitative estimate of drug-likeness (QED) is 0.160. The summed E-state index contributed by atoms with van der Waals surface area (Å²) in [5.74, 6) is 1.33. The van der Waals surface area contributed by atoms with Gasteiger partial charge in [-0.15, -0.1) is 0 Å². The van der Waals surface area contributed by atoms with Crippen molar-refractivity contribution in [2.75, 3.05) is 0 Å². The molecule has 8 heteroatoms. The highest BCUT2D eigenvalue weighted by Gasteiger charge is 2.29. The van der Waals surface area contributed by atoms with Gasteiger partial charge in [0.1, 0.15) is 0 Å². The molecule has 2 amide bonds. The molecule has 6 nitrogen and oxygen atoms in total. The Bertz CT molecular complexity index is 2100. The average molecular weight is 831 g/mol. The first-order chi connectivity index (χ1) is 25.9. The minimum absolute atomic E-state index is 0.0184. The summed E-state index contributed by atoms with van der Waals surface area (Å²) in [5, 5.41) is 8.53. The Labute approximate surface area is 327 Å². The third-order valence-electron chi connectivity index (χ3n) is 11.2. The second kappa shape index (κ2) is 15.9. The van der Waals surface area contributed by atoms with E-state index in [0.717, 1.165) is 105 Å². The fourth-order valence-electron chi connectivity index (χ4n) is 8.35. The highest BCUT2D eigenvalue weighted by atomic mass is 79.9. The lowest BCUT2D eigenvalue weighted by Crippen LogP contribution is -2.39. The number of carbonyl (C=O) groups is 2. The number of halogens is 2. The summed E-state index contributed by atoms with van der Waals surface area (Å²) in [7, 11) is 0. The topological polar surface area (TPSA) is 84.0 Å². The van der Waals surface area contributed by atoms with Crippen molar-refractivity contribution in [2.45, 2.75) is 69.9 Å². The molecule has 2 aliphatic rings. The van der Waals surface area contributed by atoms with E-state index in [1.165, 1.54) is 6.42 Å². The summed E-state index contributed by atoms with van der Waals surface area (Å²) >= 11 is 7.03. The van der Waals surface area contributed by atoms with Crippen molar-refractivity contribution in [2.24, 2.45) is 11.8 Å². The van der Waals surface area contributed by atoms with Crippen LogP contribution in [-0.2, 0) is 0 Å². The van der Waals surface area contributed by atoms with Gasteiger partial charge in [-0.2, -0.15) is 0 Å². The van der Waals surface area contributed by atoms with Gasteiger partial charge in [-0.1, -0.05) is 92.5 Å². The van der Waals surface area contributed by atoms with Gasteiger partial charge in [0.15, 0.2) is 0 Å². The third kappa shape index (κ3) is 8.24. The smallest absolute Gasteiger partial charge is 0.252 e. The number of benzene rings is 4. The summed E-state index contributed by atoms with van der Waals surface area (Å²) < 4.78 is 2.02. The molecule has 0 spiro atoms. The predicted octanol–water partition coefficient (Wildman–Crippen LogP) is 11.3. The summed E-state index contributed by atoms with van der Waals surface area (Å²) in [6, 6.07) is 36.1. The maximum Gasteiger partial charge on any atom is 0.252 e. The standard InChI is InChI=1S/C45H42Br2N4O2/c46-32-17-13-30(14-18-32)42-26-38(36-5-1-3-7-40(36)50-42)44(52)48-34-21-9-28(10-22-34)25-29-11-23-35(24-12-29)49-45(53)39-27-43(31-15-19-33(47)20-16-31)51-41-8-4-2-6-37(39)41/h1-8,13-20,26-29,34-35H,9-12,21-25H2,(H,48,52)(H,49,53). The minimum atomic E-state index is -0.0184. The van der Waals surface area contributed by atoms with Gasteiger partial charge in [0.2, 0.25) is 0 Å². The summed E-state index contributed by atoms with van der Waals surface area (Å²) in [5.41, 5.74) is 6.59. The fourth-order valence-corrected chi connectivity index (χ4v) is 8.87. The lowest BCUT2D eigenvalue weighted by molar-refractivity contribution is 0.0919. The molecule has 0 bridgehead atoms. The Kier molecular flexibility index (Phi) is 10.7. The van der Waals surface area contributed by atoms with Crippen molar-refractivity contribution >= 4 is 65.5 Å². The van der Waals surface area contributed by atoms with E-state index < -0.39 is 0 Å². The van der Waals surface area contributed by atoms with Crippen LogP contribution in [0.1, 0.15) is 78.5 Å². The number of rotatable bonds is 8. The minimum Gasteiger partial charge on any atom is -0.349 e. The van der Waals surface area contributed by atoms with E-state index in [9.17, 15) is 9.59 Å². The van der Waals surface area contributed by atoms with Crippen LogP contribution in [0, 0.1) is 11.8 Å². The largest absolute Gasteiger partial charge is 0.349 e. The van der Waals surface area contributed by atoms with E-state index in [1.807, 2.05) is 109 Å². The molecule has 53 heavy (non-hydrogen) atoms. The molecule has 2 heterocycles. The molecule has 0 aliphatic heterocycles. The van der Waals surface area contributed by atoms with Gasteiger partial charge < -0.3 is 10.6 Å². The first-order valence-electron chi connectivity index (χ1n) is 18.8. The number of para-hydroxylation sites is 2. The second-order valence-corrected chi connectivity index (χ2v) is 16.6. The van der Waals surface area contributed by atoms with Crippen LogP contribution in [0.25, 0.3) is 44.3 Å². The van der Waals surface area contributed by atoms with E-state index in [1.54, 1.807) is 0 Å². The molecule has 0 radical (unpaired) electrons. The Morgan fingerprint density at radius 2 is 0.906 bits per heavy atom. The van der Waals surface area contributed by atoms with Crippen LogP contribution >= 0.6 is 31.9 Å². The number of hydrogen-bond donors (Lipinski definition) is 2. The Morgan fingerprint density at radius 3 is 1.30 bits per heavy atom. The monoisotopic (exact) mass is 828 g/mol. The van der Waals surface area contributed by atoms with E-state index in [2.05, 4.69) is 42.5 Å². The van der Waals surface area contributed by atoms with Gasteiger partial charge in [-0.05, 0) is 118 Å².